The molecule has 0 fully saturated rings. The summed E-state index contributed by atoms with van der Waals surface area (Å²) in [5, 5.41) is 0. The monoisotopic (exact) mass is 330 g/mol. The minimum absolute atomic E-state index is 0.0611. The van der Waals surface area contributed by atoms with E-state index >= 15 is 0 Å². The van der Waals surface area contributed by atoms with Crippen molar-refractivity contribution in [2.75, 3.05) is 13.7 Å². The second-order valence-corrected chi connectivity index (χ2v) is 5.99. The molecule has 1 atom stereocenters. The predicted octanol–water partition coefficient (Wildman–Crippen LogP) is 2.43. The quantitative estimate of drug-likeness (QED) is 0.624. The summed E-state index contributed by atoms with van der Waals surface area (Å²) >= 11 is 0. The maximum Gasteiger partial charge on any atom is 0.315 e. The van der Waals surface area contributed by atoms with E-state index in [0.29, 0.717) is 36.8 Å². The highest BCUT2D eigenvalue weighted by Gasteiger charge is 2.34. The molecule has 0 amide bonds. The van der Waals surface area contributed by atoms with Crippen LogP contribution in [-0.4, -0.2) is 34.6 Å². The molecule has 0 aromatic carbocycles. The van der Waals surface area contributed by atoms with Crippen molar-refractivity contribution in [2.45, 2.75) is 32.7 Å². The van der Waals surface area contributed by atoms with Gasteiger partial charge in [0, 0.05) is 25.4 Å². The smallest absolute Gasteiger partial charge is 0.315 e. The molecule has 3 heterocycles. The Bertz CT molecular complexity index is 800. The molecule has 2 aromatic heterocycles. The molecule has 1 unspecified atom stereocenters. The van der Waals surface area contributed by atoms with E-state index in [2.05, 4.69) is 0 Å². The lowest BCUT2D eigenvalue weighted by Crippen LogP contribution is -2.14. The van der Waals surface area contributed by atoms with Crippen molar-refractivity contribution in [3.8, 4) is 5.88 Å². The van der Waals surface area contributed by atoms with Gasteiger partial charge in [0.2, 0.25) is 5.78 Å². The molecule has 1 aliphatic rings. The summed E-state index contributed by atoms with van der Waals surface area (Å²) < 4.78 is 14.1. The molecule has 0 saturated heterocycles. The highest BCUT2D eigenvalue weighted by atomic mass is 16.5. The first kappa shape index (κ1) is 16.4. The Kier molecular flexibility index (Phi) is 4.22. The first-order chi connectivity index (χ1) is 11.5. The van der Waals surface area contributed by atoms with E-state index in [1.54, 1.807) is 37.8 Å². The summed E-state index contributed by atoms with van der Waals surface area (Å²) in [4.78, 5) is 25.2. The number of carbonyl (C=O) groups is 2. The highest BCUT2D eigenvalue weighted by Crippen LogP contribution is 2.34. The van der Waals surface area contributed by atoms with Gasteiger partial charge in [0.1, 0.15) is 0 Å². The first-order valence-corrected chi connectivity index (χ1v) is 8.10. The van der Waals surface area contributed by atoms with Gasteiger partial charge in [-0.3, -0.25) is 9.59 Å². The van der Waals surface area contributed by atoms with Crippen molar-refractivity contribution >= 4 is 11.8 Å². The molecule has 0 saturated carbocycles. The van der Waals surface area contributed by atoms with Crippen molar-refractivity contribution in [1.82, 2.24) is 9.13 Å². The van der Waals surface area contributed by atoms with Crippen molar-refractivity contribution in [3.63, 3.8) is 0 Å². The lowest BCUT2D eigenvalue weighted by Gasteiger charge is -2.09. The third kappa shape index (κ3) is 2.42. The number of carbonyl (C=O) groups excluding carboxylic acids is 2. The van der Waals surface area contributed by atoms with Crippen LogP contribution in [0.15, 0.2) is 18.2 Å². The molecular weight excluding hydrogens is 308 g/mol. The summed E-state index contributed by atoms with van der Waals surface area (Å²) in [6.45, 7) is 4.72. The van der Waals surface area contributed by atoms with Gasteiger partial charge in [0.25, 0.3) is 0 Å². The average molecular weight is 330 g/mol. The molecule has 0 bridgehead atoms. The van der Waals surface area contributed by atoms with Crippen LogP contribution in [0.3, 0.4) is 0 Å². The molecule has 0 radical (unpaired) electrons. The normalized spacial score (nSPS) is 16.1. The van der Waals surface area contributed by atoms with Crippen LogP contribution in [0.4, 0.5) is 0 Å². The third-order valence-corrected chi connectivity index (χ3v) is 4.62. The SMILES string of the molecule is CCOC(=O)C1CCn2c1cc(C)c2C(=O)c1ccc(OC)n1C. The van der Waals surface area contributed by atoms with Crippen LogP contribution >= 0.6 is 0 Å². The Balaban J connectivity index is 1.99. The molecule has 6 heteroatoms. The van der Waals surface area contributed by atoms with E-state index in [-0.39, 0.29) is 17.7 Å². The molecule has 3 rings (SSSR count). The van der Waals surface area contributed by atoms with Crippen LogP contribution in [-0.2, 0) is 23.1 Å². The molecule has 0 N–H and O–H groups in total. The van der Waals surface area contributed by atoms with Gasteiger partial charge in [-0.1, -0.05) is 0 Å². The second kappa shape index (κ2) is 6.19. The number of methoxy groups -OCH3 is 1. The van der Waals surface area contributed by atoms with Crippen molar-refractivity contribution in [1.29, 1.82) is 0 Å². The van der Waals surface area contributed by atoms with E-state index in [0.717, 1.165) is 11.3 Å². The first-order valence-electron chi connectivity index (χ1n) is 8.10. The van der Waals surface area contributed by atoms with Gasteiger partial charge >= 0.3 is 5.97 Å². The zero-order chi connectivity index (χ0) is 17.4. The number of ether oxygens (including phenoxy) is 2. The number of aryl methyl sites for hydroxylation is 1. The van der Waals surface area contributed by atoms with Crippen LogP contribution < -0.4 is 4.74 Å². The number of fused-ring (bicyclic) bond motifs is 1. The van der Waals surface area contributed by atoms with E-state index in [1.807, 2.05) is 17.6 Å². The van der Waals surface area contributed by atoms with Crippen LogP contribution in [0.25, 0.3) is 0 Å². The third-order valence-electron chi connectivity index (χ3n) is 4.62. The molecule has 6 nitrogen and oxygen atoms in total. The average Bonchev–Trinajstić information content (AvgIpc) is 3.19. The van der Waals surface area contributed by atoms with Gasteiger partial charge in [-0.2, -0.15) is 0 Å². The Labute approximate surface area is 141 Å². The van der Waals surface area contributed by atoms with E-state index in [9.17, 15) is 9.59 Å². The number of rotatable bonds is 5. The van der Waals surface area contributed by atoms with Gasteiger partial charge in [0.05, 0.1) is 31.0 Å². The fourth-order valence-corrected chi connectivity index (χ4v) is 3.48. The summed E-state index contributed by atoms with van der Waals surface area (Å²) in [6.07, 6.45) is 0.672. The summed E-state index contributed by atoms with van der Waals surface area (Å²) in [6, 6.07) is 5.47. The van der Waals surface area contributed by atoms with E-state index in [1.165, 1.54) is 0 Å². The van der Waals surface area contributed by atoms with Crippen molar-refractivity contribution < 1.29 is 19.1 Å². The maximum atomic E-state index is 13.0. The van der Waals surface area contributed by atoms with Crippen molar-refractivity contribution in [2.24, 2.45) is 7.05 Å². The fraction of sp³-hybridized carbons (Fsp3) is 0.444. The van der Waals surface area contributed by atoms with Crippen LogP contribution in [0, 0.1) is 6.92 Å². The zero-order valence-electron chi connectivity index (χ0n) is 14.5. The number of ketones is 1. The van der Waals surface area contributed by atoms with E-state index in [4.69, 9.17) is 9.47 Å². The number of hydrogen-bond donors (Lipinski definition) is 0. The van der Waals surface area contributed by atoms with Crippen LogP contribution in [0.5, 0.6) is 5.88 Å². The summed E-state index contributed by atoms with van der Waals surface area (Å²) in [5.74, 6) is 0.0732. The number of nitrogens with zero attached hydrogens (tertiary/aromatic N) is 2. The Morgan fingerprint density at radius 1 is 1.33 bits per heavy atom. The number of esters is 1. The standard InChI is InChI=1S/C18H22N2O4/c1-5-24-18(22)12-8-9-20-14(12)10-11(2)16(20)17(21)13-6-7-15(23-4)19(13)3/h6-7,10,12H,5,8-9H2,1-4H3. The Morgan fingerprint density at radius 2 is 2.08 bits per heavy atom. The second-order valence-electron chi connectivity index (χ2n) is 5.99. The maximum absolute atomic E-state index is 13.0. The van der Waals surface area contributed by atoms with Crippen LogP contribution in [0.1, 0.15) is 46.7 Å². The fourth-order valence-electron chi connectivity index (χ4n) is 3.48. The molecule has 1 aliphatic heterocycles. The lowest BCUT2D eigenvalue weighted by atomic mass is 10.0. The van der Waals surface area contributed by atoms with Gasteiger partial charge in [-0.05, 0) is 38.0 Å². The molecule has 24 heavy (non-hydrogen) atoms. The summed E-state index contributed by atoms with van der Waals surface area (Å²) in [5.41, 5.74) is 2.95. The summed E-state index contributed by atoms with van der Waals surface area (Å²) in [7, 11) is 3.38. The lowest BCUT2D eigenvalue weighted by molar-refractivity contribution is -0.144. The topological polar surface area (TPSA) is 62.5 Å². The Hall–Kier alpha value is -2.50. The zero-order valence-corrected chi connectivity index (χ0v) is 14.5. The molecule has 2 aromatic rings. The molecule has 0 aliphatic carbocycles. The highest BCUT2D eigenvalue weighted by molar-refractivity contribution is 6.08. The predicted molar refractivity (Wildman–Crippen MR) is 88.6 cm³/mol. The largest absolute Gasteiger partial charge is 0.482 e. The molecular formula is C18H22N2O4. The van der Waals surface area contributed by atoms with Gasteiger partial charge in [0.15, 0.2) is 5.88 Å². The van der Waals surface area contributed by atoms with Crippen molar-refractivity contribution in [3.05, 3.63) is 40.8 Å². The van der Waals surface area contributed by atoms with Crippen LogP contribution in [0.2, 0.25) is 0 Å². The Morgan fingerprint density at radius 3 is 2.71 bits per heavy atom. The number of hydrogen-bond acceptors (Lipinski definition) is 4. The van der Waals surface area contributed by atoms with Gasteiger partial charge in [-0.25, -0.2) is 0 Å². The van der Waals surface area contributed by atoms with E-state index < -0.39 is 0 Å². The minimum Gasteiger partial charge on any atom is -0.482 e. The molecule has 128 valence electrons. The minimum atomic E-state index is -0.284. The van der Waals surface area contributed by atoms with Gasteiger partial charge < -0.3 is 18.6 Å². The number of aromatic nitrogens is 2. The molecule has 0 spiro atoms. The van der Waals surface area contributed by atoms with Gasteiger partial charge in [-0.15, -0.1) is 0 Å².